The van der Waals surface area contributed by atoms with Gasteiger partial charge in [-0.05, 0) is 42.3 Å². The number of aromatic hydroxyl groups is 3. The Hall–Kier alpha value is -1.72. The Balaban J connectivity index is 0.00000192. The Morgan fingerprint density at radius 2 is 1.83 bits per heavy atom. The van der Waals surface area contributed by atoms with Crippen molar-refractivity contribution in [2.24, 2.45) is 0 Å². The summed E-state index contributed by atoms with van der Waals surface area (Å²) >= 11 is 0. The summed E-state index contributed by atoms with van der Waals surface area (Å²) in [6.07, 6.45) is 1.05. The van der Waals surface area contributed by atoms with Crippen molar-refractivity contribution in [3.63, 3.8) is 0 Å². The second-order valence-corrected chi connectivity index (χ2v) is 5.88. The zero-order valence-electron chi connectivity index (χ0n) is 13.1. The van der Waals surface area contributed by atoms with Gasteiger partial charge in [-0.25, -0.2) is 0 Å². The Morgan fingerprint density at radius 3 is 2.52 bits per heavy atom. The summed E-state index contributed by atoms with van der Waals surface area (Å²) in [6, 6.07) is 10.6. The van der Waals surface area contributed by atoms with Gasteiger partial charge < -0.3 is 15.3 Å². The van der Waals surface area contributed by atoms with Crippen molar-refractivity contribution < 1.29 is 15.3 Å². The summed E-state index contributed by atoms with van der Waals surface area (Å²) in [7, 11) is 0. The third kappa shape index (κ3) is 3.46. The van der Waals surface area contributed by atoms with E-state index in [4.69, 9.17) is 0 Å². The largest absolute Gasteiger partial charge is 0.508 e. The fourth-order valence-corrected chi connectivity index (χ4v) is 3.26. The number of fused-ring (bicyclic) bond motifs is 1. The van der Waals surface area contributed by atoms with Crippen molar-refractivity contribution in [3.8, 4) is 17.2 Å². The number of halogens is 1. The normalized spacial score (nSPS) is 17.3. The lowest BCUT2D eigenvalue weighted by atomic mass is 9.84. The minimum atomic E-state index is -0.110. The SMILES string of the molecule is Br.CCCN1Cc2c(O)cccc2C(c2ccc(O)c(O)c2)C1. The topological polar surface area (TPSA) is 63.9 Å². The van der Waals surface area contributed by atoms with E-state index in [0.29, 0.717) is 5.75 Å². The number of phenolic OH excluding ortho intramolecular Hbond substituents is 3. The summed E-state index contributed by atoms with van der Waals surface area (Å²) in [5.41, 5.74) is 3.00. The van der Waals surface area contributed by atoms with Crippen LogP contribution in [0.5, 0.6) is 17.2 Å². The maximum absolute atomic E-state index is 10.2. The zero-order chi connectivity index (χ0) is 15.7. The second kappa shape index (κ2) is 7.23. The van der Waals surface area contributed by atoms with Gasteiger partial charge in [-0.15, -0.1) is 17.0 Å². The molecular formula is C18H22BrNO3. The Kier molecular flexibility index (Phi) is 5.55. The van der Waals surface area contributed by atoms with E-state index in [0.717, 1.165) is 42.7 Å². The maximum Gasteiger partial charge on any atom is 0.157 e. The summed E-state index contributed by atoms with van der Waals surface area (Å²) in [5, 5.41) is 29.5. The first-order valence-electron chi connectivity index (χ1n) is 7.65. The van der Waals surface area contributed by atoms with Crippen LogP contribution in [0.1, 0.15) is 36.0 Å². The minimum Gasteiger partial charge on any atom is -0.508 e. The van der Waals surface area contributed by atoms with E-state index in [1.165, 1.54) is 6.07 Å². The Bertz CT molecular complexity index is 690. The molecule has 1 aliphatic rings. The van der Waals surface area contributed by atoms with Crippen molar-refractivity contribution in [3.05, 3.63) is 53.1 Å². The predicted octanol–water partition coefficient (Wildman–Crippen LogP) is 3.74. The van der Waals surface area contributed by atoms with Crippen molar-refractivity contribution in [2.45, 2.75) is 25.8 Å². The standard InChI is InChI=1S/C18H21NO3.BrH/c1-2-8-19-10-14(12-6-7-17(21)18(22)9-12)13-4-3-5-16(20)15(13)11-19;/h3-7,9,14,20-22H,2,8,10-11H2,1H3;1H. The van der Waals surface area contributed by atoms with Crippen LogP contribution >= 0.6 is 17.0 Å². The predicted molar refractivity (Wildman–Crippen MR) is 95.6 cm³/mol. The van der Waals surface area contributed by atoms with Crippen molar-refractivity contribution in [2.75, 3.05) is 13.1 Å². The molecule has 1 aliphatic heterocycles. The molecule has 2 aromatic carbocycles. The van der Waals surface area contributed by atoms with Gasteiger partial charge in [0.05, 0.1) is 0 Å². The average Bonchev–Trinajstić information content (AvgIpc) is 2.51. The van der Waals surface area contributed by atoms with Gasteiger partial charge in [0, 0.05) is 24.6 Å². The van der Waals surface area contributed by atoms with E-state index in [1.54, 1.807) is 12.1 Å². The number of rotatable bonds is 3. The van der Waals surface area contributed by atoms with Gasteiger partial charge in [-0.3, -0.25) is 4.90 Å². The zero-order valence-corrected chi connectivity index (χ0v) is 14.8. The Morgan fingerprint density at radius 1 is 1.04 bits per heavy atom. The van der Waals surface area contributed by atoms with E-state index in [-0.39, 0.29) is 34.4 Å². The molecular weight excluding hydrogens is 358 g/mol. The van der Waals surface area contributed by atoms with Crippen LogP contribution in [0.2, 0.25) is 0 Å². The smallest absolute Gasteiger partial charge is 0.157 e. The molecule has 124 valence electrons. The number of hydrogen-bond donors (Lipinski definition) is 3. The number of nitrogens with zero attached hydrogens (tertiary/aromatic N) is 1. The molecule has 23 heavy (non-hydrogen) atoms. The van der Waals surface area contributed by atoms with E-state index >= 15 is 0 Å². The van der Waals surface area contributed by atoms with Crippen LogP contribution in [0.25, 0.3) is 0 Å². The third-order valence-corrected chi connectivity index (χ3v) is 4.33. The molecule has 1 atom stereocenters. The lowest BCUT2D eigenvalue weighted by molar-refractivity contribution is 0.236. The van der Waals surface area contributed by atoms with Crippen LogP contribution in [0.15, 0.2) is 36.4 Å². The summed E-state index contributed by atoms with van der Waals surface area (Å²) < 4.78 is 0. The van der Waals surface area contributed by atoms with Gasteiger partial charge in [0.2, 0.25) is 0 Å². The molecule has 0 spiro atoms. The lowest BCUT2D eigenvalue weighted by Gasteiger charge is -2.35. The Labute approximate surface area is 146 Å². The van der Waals surface area contributed by atoms with Gasteiger partial charge in [0.1, 0.15) is 5.75 Å². The number of phenols is 3. The van der Waals surface area contributed by atoms with E-state index in [9.17, 15) is 15.3 Å². The summed E-state index contributed by atoms with van der Waals surface area (Å²) in [4.78, 5) is 2.32. The monoisotopic (exact) mass is 379 g/mol. The summed E-state index contributed by atoms with van der Waals surface area (Å²) in [5.74, 6) is 0.188. The number of hydrogen-bond acceptors (Lipinski definition) is 4. The number of benzene rings is 2. The van der Waals surface area contributed by atoms with E-state index < -0.39 is 0 Å². The van der Waals surface area contributed by atoms with Gasteiger partial charge in [0.25, 0.3) is 0 Å². The lowest BCUT2D eigenvalue weighted by Crippen LogP contribution is -2.34. The quantitative estimate of drug-likeness (QED) is 0.710. The molecule has 5 heteroatoms. The highest BCUT2D eigenvalue weighted by Crippen LogP contribution is 2.39. The van der Waals surface area contributed by atoms with Crippen LogP contribution in [0.3, 0.4) is 0 Å². The van der Waals surface area contributed by atoms with Crippen molar-refractivity contribution in [1.29, 1.82) is 0 Å². The first-order chi connectivity index (χ1) is 10.6. The van der Waals surface area contributed by atoms with Crippen molar-refractivity contribution in [1.82, 2.24) is 4.90 Å². The van der Waals surface area contributed by atoms with Crippen LogP contribution in [0.4, 0.5) is 0 Å². The fraction of sp³-hybridized carbons (Fsp3) is 0.333. The van der Waals surface area contributed by atoms with Gasteiger partial charge in [-0.2, -0.15) is 0 Å². The van der Waals surface area contributed by atoms with Gasteiger partial charge >= 0.3 is 0 Å². The molecule has 0 amide bonds. The molecule has 2 aromatic rings. The molecule has 0 saturated heterocycles. The molecule has 1 heterocycles. The molecule has 0 aromatic heterocycles. The highest BCUT2D eigenvalue weighted by molar-refractivity contribution is 8.93. The maximum atomic E-state index is 10.2. The van der Waals surface area contributed by atoms with Crippen LogP contribution in [0, 0.1) is 0 Å². The molecule has 3 rings (SSSR count). The van der Waals surface area contributed by atoms with Gasteiger partial charge in [0.15, 0.2) is 11.5 Å². The van der Waals surface area contributed by atoms with E-state index in [1.807, 2.05) is 18.2 Å². The van der Waals surface area contributed by atoms with Crippen LogP contribution in [-0.4, -0.2) is 33.3 Å². The highest BCUT2D eigenvalue weighted by Gasteiger charge is 2.28. The molecule has 0 saturated carbocycles. The first kappa shape index (κ1) is 17.6. The van der Waals surface area contributed by atoms with E-state index in [2.05, 4.69) is 11.8 Å². The molecule has 4 nitrogen and oxygen atoms in total. The van der Waals surface area contributed by atoms with Gasteiger partial charge in [-0.1, -0.05) is 25.1 Å². The third-order valence-electron chi connectivity index (χ3n) is 4.33. The molecule has 0 bridgehead atoms. The fourth-order valence-electron chi connectivity index (χ4n) is 3.26. The van der Waals surface area contributed by atoms with Crippen LogP contribution in [-0.2, 0) is 6.54 Å². The van der Waals surface area contributed by atoms with Crippen molar-refractivity contribution >= 4 is 17.0 Å². The molecule has 0 fully saturated rings. The van der Waals surface area contributed by atoms with Crippen LogP contribution < -0.4 is 0 Å². The molecule has 0 aliphatic carbocycles. The second-order valence-electron chi connectivity index (χ2n) is 5.88. The highest BCUT2D eigenvalue weighted by atomic mass is 79.9. The first-order valence-corrected chi connectivity index (χ1v) is 7.65. The molecule has 3 N–H and O–H groups in total. The molecule has 0 radical (unpaired) electrons. The summed E-state index contributed by atoms with van der Waals surface area (Å²) in [6.45, 7) is 4.70. The molecule has 1 unspecified atom stereocenters. The minimum absolute atomic E-state index is 0. The average molecular weight is 380 g/mol.